The zero-order chi connectivity index (χ0) is 20.7. The molecule has 2 fully saturated rings. The molecule has 9 nitrogen and oxygen atoms in total. The summed E-state index contributed by atoms with van der Waals surface area (Å²) < 4.78 is 10.1. The normalized spacial score (nSPS) is 21.1. The van der Waals surface area contributed by atoms with Gasteiger partial charge >= 0.3 is 0 Å². The van der Waals surface area contributed by atoms with E-state index < -0.39 is 0 Å². The highest BCUT2D eigenvalue weighted by Gasteiger charge is 2.29. The van der Waals surface area contributed by atoms with Crippen LogP contribution >= 0.6 is 0 Å². The van der Waals surface area contributed by atoms with E-state index >= 15 is 0 Å². The molecule has 3 aromatic rings. The summed E-state index contributed by atoms with van der Waals surface area (Å²) in [5, 5.41) is 16.3. The molecule has 0 aliphatic carbocycles. The SMILES string of the molecule is CC(Oc1nc(-c2cnn(C3CCNCC3)c2)cc2nn(C)cc12)[C@H]1CNC(=O)C1. The number of aryl methyl sites for hydroxylation is 1. The van der Waals surface area contributed by atoms with Gasteiger partial charge in [-0.25, -0.2) is 4.98 Å². The zero-order valence-electron chi connectivity index (χ0n) is 17.3. The Kier molecular flexibility index (Phi) is 4.90. The maximum Gasteiger partial charge on any atom is 0.225 e. The van der Waals surface area contributed by atoms with Crippen LogP contribution in [-0.2, 0) is 11.8 Å². The predicted molar refractivity (Wildman–Crippen MR) is 112 cm³/mol. The highest BCUT2D eigenvalue weighted by atomic mass is 16.5. The molecule has 1 amide bonds. The van der Waals surface area contributed by atoms with Crippen molar-refractivity contribution < 1.29 is 9.53 Å². The lowest BCUT2D eigenvalue weighted by Crippen LogP contribution is -2.29. The van der Waals surface area contributed by atoms with Crippen LogP contribution in [-0.4, -0.2) is 56.2 Å². The summed E-state index contributed by atoms with van der Waals surface area (Å²) in [4.78, 5) is 16.4. The van der Waals surface area contributed by atoms with Crippen molar-refractivity contribution in [3.05, 3.63) is 24.7 Å². The molecule has 2 aliphatic rings. The van der Waals surface area contributed by atoms with Gasteiger partial charge in [0.25, 0.3) is 0 Å². The number of pyridine rings is 1. The summed E-state index contributed by atoms with van der Waals surface area (Å²) in [7, 11) is 1.89. The van der Waals surface area contributed by atoms with Crippen LogP contribution in [0.2, 0.25) is 0 Å². The highest BCUT2D eigenvalue weighted by Crippen LogP contribution is 2.31. The Hall–Kier alpha value is -2.94. The molecule has 5 heterocycles. The van der Waals surface area contributed by atoms with Crippen LogP contribution in [0.1, 0.15) is 32.2 Å². The highest BCUT2D eigenvalue weighted by molar-refractivity contribution is 5.86. The second-order valence-electron chi connectivity index (χ2n) is 8.33. The largest absolute Gasteiger partial charge is 0.474 e. The summed E-state index contributed by atoms with van der Waals surface area (Å²) >= 11 is 0. The monoisotopic (exact) mass is 409 g/mol. The number of amides is 1. The van der Waals surface area contributed by atoms with Gasteiger partial charge in [-0.15, -0.1) is 0 Å². The van der Waals surface area contributed by atoms with E-state index in [9.17, 15) is 4.79 Å². The second-order valence-corrected chi connectivity index (χ2v) is 8.33. The number of carbonyl (C=O) groups is 1. The van der Waals surface area contributed by atoms with Crippen LogP contribution < -0.4 is 15.4 Å². The minimum absolute atomic E-state index is 0.0778. The topological polar surface area (TPSA) is 98.9 Å². The van der Waals surface area contributed by atoms with Gasteiger partial charge in [0, 0.05) is 43.9 Å². The third-order valence-corrected chi connectivity index (χ3v) is 6.13. The quantitative estimate of drug-likeness (QED) is 0.665. The number of ether oxygens (including phenoxy) is 1. The maximum absolute atomic E-state index is 11.6. The molecule has 0 aromatic carbocycles. The van der Waals surface area contributed by atoms with Gasteiger partial charge in [0.2, 0.25) is 11.8 Å². The van der Waals surface area contributed by atoms with E-state index in [4.69, 9.17) is 9.72 Å². The number of nitrogens with one attached hydrogen (secondary N) is 2. The molecule has 5 rings (SSSR count). The van der Waals surface area contributed by atoms with Crippen LogP contribution in [0, 0.1) is 5.92 Å². The first kappa shape index (κ1) is 19.0. The molecular weight excluding hydrogens is 382 g/mol. The smallest absolute Gasteiger partial charge is 0.225 e. The molecule has 2 aliphatic heterocycles. The Labute approximate surface area is 174 Å². The summed E-state index contributed by atoms with van der Waals surface area (Å²) in [6.45, 7) is 4.67. The Morgan fingerprint density at radius 2 is 2.10 bits per heavy atom. The van der Waals surface area contributed by atoms with E-state index in [0.717, 1.165) is 48.1 Å². The van der Waals surface area contributed by atoms with E-state index in [1.54, 1.807) is 4.68 Å². The lowest BCUT2D eigenvalue weighted by atomic mass is 10.0. The lowest BCUT2D eigenvalue weighted by molar-refractivity contribution is -0.119. The minimum atomic E-state index is -0.132. The number of rotatable bonds is 5. The van der Waals surface area contributed by atoms with Gasteiger partial charge < -0.3 is 15.4 Å². The van der Waals surface area contributed by atoms with Gasteiger partial charge in [0.1, 0.15) is 6.10 Å². The molecule has 9 heteroatoms. The maximum atomic E-state index is 11.6. The van der Waals surface area contributed by atoms with Crippen molar-refractivity contribution in [1.82, 2.24) is 35.2 Å². The summed E-state index contributed by atoms with van der Waals surface area (Å²) in [5.41, 5.74) is 2.58. The fourth-order valence-electron chi connectivity index (χ4n) is 4.32. The van der Waals surface area contributed by atoms with Crippen molar-refractivity contribution in [1.29, 1.82) is 0 Å². The zero-order valence-corrected chi connectivity index (χ0v) is 17.3. The first-order valence-corrected chi connectivity index (χ1v) is 10.6. The molecule has 3 aromatic heterocycles. The molecule has 0 saturated carbocycles. The Balaban J connectivity index is 1.46. The predicted octanol–water partition coefficient (Wildman–Crippen LogP) is 1.66. The summed E-state index contributed by atoms with van der Waals surface area (Å²) in [5.74, 6) is 0.767. The fourth-order valence-corrected chi connectivity index (χ4v) is 4.32. The number of hydrogen-bond donors (Lipinski definition) is 2. The molecule has 2 atom stereocenters. The van der Waals surface area contributed by atoms with Gasteiger partial charge in [0.15, 0.2) is 0 Å². The number of fused-ring (bicyclic) bond motifs is 1. The second kappa shape index (κ2) is 7.71. The standard InChI is InChI=1S/C21H27N7O2/c1-13(14-7-20(29)23-9-14)30-21-17-12-27(2)26-19(17)8-18(25-21)15-10-24-28(11-15)16-3-5-22-6-4-16/h8,10-14,16,22H,3-7,9H2,1-2H3,(H,23,29)/t13?,14-/m1/s1. The first-order chi connectivity index (χ1) is 14.6. The number of hydrogen-bond acceptors (Lipinski definition) is 6. The molecule has 0 radical (unpaired) electrons. The molecular formula is C21H27N7O2. The average Bonchev–Trinajstić information content (AvgIpc) is 3.47. The van der Waals surface area contributed by atoms with E-state index in [-0.39, 0.29) is 17.9 Å². The van der Waals surface area contributed by atoms with E-state index in [1.165, 1.54) is 0 Å². The molecule has 2 saturated heterocycles. The lowest BCUT2D eigenvalue weighted by Gasteiger charge is -2.22. The van der Waals surface area contributed by atoms with Gasteiger partial charge in [-0.2, -0.15) is 10.2 Å². The average molecular weight is 409 g/mol. The van der Waals surface area contributed by atoms with Crippen molar-refractivity contribution in [2.45, 2.75) is 38.3 Å². The van der Waals surface area contributed by atoms with Crippen LogP contribution in [0.25, 0.3) is 22.2 Å². The fraction of sp³-hybridized carbons (Fsp3) is 0.524. The van der Waals surface area contributed by atoms with Crippen molar-refractivity contribution in [2.75, 3.05) is 19.6 Å². The molecule has 1 unspecified atom stereocenters. The Morgan fingerprint density at radius 3 is 2.87 bits per heavy atom. The summed E-state index contributed by atoms with van der Waals surface area (Å²) in [6.07, 6.45) is 8.37. The van der Waals surface area contributed by atoms with Gasteiger partial charge in [-0.05, 0) is 38.9 Å². The van der Waals surface area contributed by atoms with Crippen molar-refractivity contribution in [3.63, 3.8) is 0 Å². The van der Waals surface area contributed by atoms with Crippen LogP contribution in [0.5, 0.6) is 5.88 Å². The number of nitrogens with zero attached hydrogens (tertiary/aromatic N) is 5. The van der Waals surface area contributed by atoms with Crippen molar-refractivity contribution in [3.8, 4) is 17.1 Å². The Bertz CT molecular complexity index is 1070. The number of piperidine rings is 1. The molecule has 0 bridgehead atoms. The molecule has 30 heavy (non-hydrogen) atoms. The van der Waals surface area contributed by atoms with E-state index in [2.05, 4.69) is 31.7 Å². The number of carbonyl (C=O) groups excluding carboxylic acids is 1. The van der Waals surface area contributed by atoms with E-state index in [1.807, 2.05) is 32.4 Å². The first-order valence-electron chi connectivity index (χ1n) is 10.6. The molecule has 158 valence electrons. The Morgan fingerprint density at radius 1 is 1.27 bits per heavy atom. The van der Waals surface area contributed by atoms with Crippen LogP contribution in [0.4, 0.5) is 0 Å². The van der Waals surface area contributed by atoms with Gasteiger partial charge in [-0.1, -0.05) is 0 Å². The molecule has 0 spiro atoms. The van der Waals surface area contributed by atoms with Crippen molar-refractivity contribution >= 4 is 16.8 Å². The van der Waals surface area contributed by atoms with Crippen molar-refractivity contribution in [2.24, 2.45) is 13.0 Å². The van der Waals surface area contributed by atoms with Gasteiger partial charge in [0.05, 0.1) is 28.8 Å². The van der Waals surface area contributed by atoms with Crippen LogP contribution in [0.3, 0.4) is 0 Å². The molecule has 2 N–H and O–H groups in total. The van der Waals surface area contributed by atoms with Gasteiger partial charge in [-0.3, -0.25) is 14.2 Å². The van der Waals surface area contributed by atoms with Crippen LogP contribution in [0.15, 0.2) is 24.7 Å². The minimum Gasteiger partial charge on any atom is -0.474 e. The third kappa shape index (κ3) is 3.65. The van der Waals surface area contributed by atoms with E-state index in [0.29, 0.717) is 24.9 Å². The summed E-state index contributed by atoms with van der Waals surface area (Å²) in [6, 6.07) is 2.40. The third-order valence-electron chi connectivity index (χ3n) is 6.13. The number of aromatic nitrogens is 5.